The van der Waals surface area contributed by atoms with Crippen LogP contribution in [0.5, 0.6) is 0 Å². The van der Waals surface area contributed by atoms with E-state index in [0.717, 1.165) is 18.5 Å². The highest BCUT2D eigenvalue weighted by molar-refractivity contribution is 5.10. The SMILES string of the molecule is Cn1cccc1[C@@H](N)CCCO. The molecule has 0 amide bonds. The number of rotatable bonds is 4. The van der Waals surface area contributed by atoms with Gasteiger partial charge in [-0.15, -0.1) is 0 Å². The quantitative estimate of drug-likeness (QED) is 0.698. The largest absolute Gasteiger partial charge is 0.396 e. The minimum atomic E-state index is 0.0529. The van der Waals surface area contributed by atoms with E-state index in [9.17, 15) is 0 Å². The van der Waals surface area contributed by atoms with Crippen LogP contribution < -0.4 is 5.73 Å². The number of nitrogens with two attached hydrogens (primary N) is 1. The van der Waals surface area contributed by atoms with Crippen LogP contribution in [0.4, 0.5) is 0 Å². The van der Waals surface area contributed by atoms with Gasteiger partial charge in [-0.1, -0.05) is 0 Å². The molecule has 1 heterocycles. The Morgan fingerprint density at radius 2 is 2.42 bits per heavy atom. The second-order valence-electron chi connectivity index (χ2n) is 3.02. The first-order valence-corrected chi connectivity index (χ1v) is 4.23. The van der Waals surface area contributed by atoms with Crippen molar-refractivity contribution in [1.29, 1.82) is 0 Å². The molecule has 0 unspecified atom stereocenters. The van der Waals surface area contributed by atoms with E-state index in [0.29, 0.717) is 0 Å². The molecule has 1 aromatic rings. The summed E-state index contributed by atoms with van der Waals surface area (Å²) in [5.74, 6) is 0. The Hall–Kier alpha value is -0.800. The van der Waals surface area contributed by atoms with Gasteiger partial charge >= 0.3 is 0 Å². The van der Waals surface area contributed by atoms with Crippen molar-refractivity contribution in [3.05, 3.63) is 24.0 Å². The highest BCUT2D eigenvalue weighted by Crippen LogP contribution is 2.14. The van der Waals surface area contributed by atoms with E-state index in [2.05, 4.69) is 0 Å². The van der Waals surface area contributed by atoms with Gasteiger partial charge in [0.2, 0.25) is 0 Å². The standard InChI is InChI=1S/C9H16N2O/c1-11-6-2-5-9(11)8(10)4-3-7-12/h2,5-6,8,12H,3-4,7,10H2,1H3/t8-/m0/s1. The molecule has 0 saturated heterocycles. The summed E-state index contributed by atoms with van der Waals surface area (Å²) in [6.07, 6.45) is 3.59. The van der Waals surface area contributed by atoms with Crippen LogP contribution >= 0.6 is 0 Å². The molecule has 1 aromatic heterocycles. The van der Waals surface area contributed by atoms with Gasteiger partial charge in [-0.05, 0) is 25.0 Å². The molecule has 1 rings (SSSR count). The van der Waals surface area contributed by atoms with Crippen LogP contribution in [0.2, 0.25) is 0 Å². The summed E-state index contributed by atoms with van der Waals surface area (Å²) in [7, 11) is 1.98. The Bertz CT molecular complexity index is 232. The van der Waals surface area contributed by atoms with Gasteiger partial charge in [0.1, 0.15) is 0 Å². The molecule has 1 atom stereocenters. The average Bonchev–Trinajstić information content (AvgIpc) is 2.47. The number of hydrogen-bond acceptors (Lipinski definition) is 2. The van der Waals surface area contributed by atoms with Gasteiger partial charge in [0.25, 0.3) is 0 Å². The van der Waals surface area contributed by atoms with Crippen LogP contribution in [0, 0.1) is 0 Å². The zero-order valence-electron chi connectivity index (χ0n) is 7.40. The van der Waals surface area contributed by atoms with Gasteiger partial charge in [0.15, 0.2) is 0 Å². The fourth-order valence-electron chi connectivity index (χ4n) is 1.32. The molecule has 68 valence electrons. The second-order valence-corrected chi connectivity index (χ2v) is 3.02. The number of hydrogen-bond donors (Lipinski definition) is 2. The van der Waals surface area contributed by atoms with E-state index in [-0.39, 0.29) is 12.6 Å². The lowest BCUT2D eigenvalue weighted by atomic mass is 10.1. The highest BCUT2D eigenvalue weighted by Gasteiger charge is 2.07. The monoisotopic (exact) mass is 168 g/mol. The summed E-state index contributed by atoms with van der Waals surface area (Å²) in [6, 6.07) is 4.05. The molecule has 3 heteroatoms. The molecule has 0 aromatic carbocycles. The van der Waals surface area contributed by atoms with Crippen molar-refractivity contribution in [3.63, 3.8) is 0 Å². The summed E-state index contributed by atoms with van der Waals surface area (Å²) < 4.78 is 2.02. The maximum absolute atomic E-state index is 8.62. The molecule has 3 nitrogen and oxygen atoms in total. The zero-order chi connectivity index (χ0) is 8.97. The van der Waals surface area contributed by atoms with E-state index in [1.165, 1.54) is 0 Å². The van der Waals surface area contributed by atoms with E-state index < -0.39 is 0 Å². The fraction of sp³-hybridized carbons (Fsp3) is 0.556. The van der Waals surface area contributed by atoms with Crippen LogP contribution in [0.1, 0.15) is 24.6 Å². The molecule has 0 fully saturated rings. The van der Waals surface area contributed by atoms with E-state index >= 15 is 0 Å². The van der Waals surface area contributed by atoms with Crippen LogP contribution in [-0.4, -0.2) is 16.3 Å². The molecule has 12 heavy (non-hydrogen) atoms. The van der Waals surface area contributed by atoms with E-state index in [4.69, 9.17) is 10.8 Å². The third-order valence-corrected chi connectivity index (χ3v) is 2.04. The fourth-order valence-corrected chi connectivity index (χ4v) is 1.32. The summed E-state index contributed by atoms with van der Waals surface area (Å²) in [4.78, 5) is 0. The first-order valence-electron chi connectivity index (χ1n) is 4.23. The molecule has 0 saturated carbocycles. The number of aryl methyl sites for hydroxylation is 1. The zero-order valence-corrected chi connectivity index (χ0v) is 7.40. The predicted molar refractivity (Wildman–Crippen MR) is 48.7 cm³/mol. The van der Waals surface area contributed by atoms with Gasteiger partial charge in [-0.2, -0.15) is 0 Å². The Balaban J connectivity index is 2.52. The number of aromatic nitrogens is 1. The molecule has 0 bridgehead atoms. The maximum atomic E-state index is 8.62. The Kier molecular flexibility index (Phi) is 3.31. The van der Waals surface area contributed by atoms with Gasteiger partial charge in [-0.25, -0.2) is 0 Å². The van der Waals surface area contributed by atoms with Crippen molar-refractivity contribution in [1.82, 2.24) is 4.57 Å². The minimum absolute atomic E-state index is 0.0529. The summed E-state index contributed by atoms with van der Waals surface area (Å²) in [5.41, 5.74) is 7.02. The Labute approximate surface area is 72.8 Å². The Morgan fingerprint density at radius 1 is 1.67 bits per heavy atom. The van der Waals surface area contributed by atoms with E-state index in [1.807, 2.05) is 29.9 Å². The van der Waals surface area contributed by atoms with Crippen molar-refractivity contribution in [2.45, 2.75) is 18.9 Å². The van der Waals surface area contributed by atoms with Crippen molar-refractivity contribution in [3.8, 4) is 0 Å². The lowest BCUT2D eigenvalue weighted by molar-refractivity contribution is 0.279. The van der Waals surface area contributed by atoms with Crippen molar-refractivity contribution in [2.24, 2.45) is 12.8 Å². The molecule has 0 aliphatic heterocycles. The minimum Gasteiger partial charge on any atom is -0.396 e. The van der Waals surface area contributed by atoms with Crippen molar-refractivity contribution >= 4 is 0 Å². The maximum Gasteiger partial charge on any atom is 0.0450 e. The van der Waals surface area contributed by atoms with Gasteiger partial charge in [-0.3, -0.25) is 0 Å². The first-order chi connectivity index (χ1) is 5.75. The lowest BCUT2D eigenvalue weighted by Gasteiger charge is -2.11. The molecule has 0 radical (unpaired) electrons. The number of aliphatic hydroxyl groups is 1. The molecule has 0 spiro atoms. The highest BCUT2D eigenvalue weighted by atomic mass is 16.2. The summed E-state index contributed by atoms with van der Waals surface area (Å²) in [5, 5.41) is 8.62. The van der Waals surface area contributed by atoms with Crippen LogP contribution in [-0.2, 0) is 7.05 Å². The van der Waals surface area contributed by atoms with Crippen LogP contribution in [0.15, 0.2) is 18.3 Å². The molecular formula is C9H16N2O. The van der Waals surface area contributed by atoms with Gasteiger partial charge < -0.3 is 15.4 Å². The third-order valence-electron chi connectivity index (χ3n) is 2.04. The van der Waals surface area contributed by atoms with Crippen LogP contribution in [0.3, 0.4) is 0 Å². The third kappa shape index (κ3) is 2.09. The number of aliphatic hydroxyl groups excluding tert-OH is 1. The summed E-state index contributed by atoms with van der Waals surface area (Å²) >= 11 is 0. The topological polar surface area (TPSA) is 51.2 Å². The van der Waals surface area contributed by atoms with Crippen LogP contribution in [0.25, 0.3) is 0 Å². The van der Waals surface area contributed by atoms with Gasteiger partial charge in [0.05, 0.1) is 0 Å². The Morgan fingerprint density at radius 3 is 2.92 bits per heavy atom. The van der Waals surface area contributed by atoms with E-state index in [1.54, 1.807) is 0 Å². The number of nitrogens with zero attached hydrogens (tertiary/aromatic N) is 1. The smallest absolute Gasteiger partial charge is 0.0450 e. The predicted octanol–water partition coefficient (Wildman–Crippen LogP) is 0.797. The molecule has 3 N–H and O–H groups in total. The second kappa shape index (κ2) is 4.28. The first kappa shape index (κ1) is 9.29. The van der Waals surface area contributed by atoms with Gasteiger partial charge in [0, 0.05) is 31.6 Å². The van der Waals surface area contributed by atoms with Crippen molar-refractivity contribution < 1.29 is 5.11 Å². The lowest BCUT2D eigenvalue weighted by Crippen LogP contribution is -2.14. The molecule has 0 aliphatic rings. The molecular weight excluding hydrogens is 152 g/mol. The normalized spacial score (nSPS) is 13.2. The van der Waals surface area contributed by atoms with Crippen molar-refractivity contribution in [2.75, 3.05) is 6.61 Å². The summed E-state index contributed by atoms with van der Waals surface area (Å²) in [6.45, 7) is 0.220. The average molecular weight is 168 g/mol. The molecule has 0 aliphatic carbocycles.